The van der Waals surface area contributed by atoms with Crippen LogP contribution in [0.25, 0.3) is 0 Å². The van der Waals surface area contributed by atoms with Crippen molar-refractivity contribution in [3.05, 3.63) is 29.8 Å². The van der Waals surface area contributed by atoms with Crippen molar-refractivity contribution in [1.82, 2.24) is 4.90 Å². The summed E-state index contributed by atoms with van der Waals surface area (Å²) in [6, 6.07) is 7.38. The monoisotopic (exact) mass is 682 g/mol. The fourth-order valence-electron chi connectivity index (χ4n) is 6.30. The van der Waals surface area contributed by atoms with Crippen LogP contribution in [0.2, 0.25) is 0 Å². The molecule has 1 amide bonds. The molecule has 0 bridgehead atoms. The van der Waals surface area contributed by atoms with Gasteiger partial charge < -0.3 is 9.64 Å². The van der Waals surface area contributed by atoms with Gasteiger partial charge in [-0.1, -0.05) is 193 Å². The average Bonchev–Trinajstić information content (AvgIpc) is 3.06. The van der Waals surface area contributed by atoms with E-state index in [2.05, 4.69) is 18.7 Å². The van der Waals surface area contributed by atoms with Crippen LogP contribution in [0, 0.1) is 0 Å². The SMILES string of the molecule is CCCCCCCCCCCCCCCCN(CCCCCCCCCCCCCCCC)C(=O)COc1ccc(C(Cl)Cl)cc1. The molecule has 1 aromatic rings. The molecule has 1 rings (SSSR count). The van der Waals surface area contributed by atoms with Gasteiger partial charge in [-0.05, 0) is 30.5 Å². The molecule has 268 valence electrons. The van der Waals surface area contributed by atoms with E-state index < -0.39 is 4.84 Å². The number of alkyl halides is 2. The molecule has 0 aliphatic heterocycles. The summed E-state index contributed by atoms with van der Waals surface area (Å²) in [5, 5.41) is 0. The fourth-order valence-corrected chi connectivity index (χ4v) is 6.59. The Labute approximate surface area is 296 Å². The van der Waals surface area contributed by atoms with Gasteiger partial charge in [0.05, 0.1) is 0 Å². The molecule has 1 aromatic carbocycles. The Hall–Kier alpha value is -0.930. The van der Waals surface area contributed by atoms with Gasteiger partial charge in [0.15, 0.2) is 6.61 Å². The van der Waals surface area contributed by atoms with Gasteiger partial charge in [0, 0.05) is 13.1 Å². The molecule has 0 saturated carbocycles. The second kappa shape index (κ2) is 32.6. The molecule has 0 N–H and O–H groups in total. The molecule has 0 saturated heterocycles. The van der Waals surface area contributed by atoms with Gasteiger partial charge in [-0.25, -0.2) is 0 Å². The number of carbonyl (C=O) groups excluding carboxylic acids is 1. The van der Waals surface area contributed by atoms with Crippen LogP contribution in [0.3, 0.4) is 0 Å². The van der Waals surface area contributed by atoms with E-state index in [0.29, 0.717) is 5.75 Å². The Bertz CT molecular complexity index is 753. The van der Waals surface area contributed by atoms with Gasteiger partial charge in [0.25, 0.3) is 5.91 Å². The first-order valence-corrected chi connectivity index (χ1v) is 20.7. The third-order valence-electron chi connectivity index (χ3n) is 9.41. The van der Waals surface area contributed by atoms with E-state index in [4.69, 9.17) is 27.9 Å². The molecule has 0 fully saturated rings. The first-order chi connectivity index (χ1) is 22.6. The first kappa shape index (κ1) is 43.1. The largest absolute Gasteiger partial charge is 0.484 e. The lowest BCUT2D eigenvalue weighted by Crippen LogP contribution is -2.36. The van der Waals surface area contributed by atoms with Gasteiger partial charge >= 0.3 is 0 Å². The van der Waals surface area contributed by atoms with Crippen molar-refractivity contribution in [3.8, 4) is 5.75 Å². The minimum atomic E-state index is -0.554. The summed E-state index contributed by atoms with van der Waals surface area (Å²) >= 11 is 11.9. The molecule has 0 aliphatic carbocycles. The van der Waals surface area contributed by atoms with E-state index in [1.54, 1.807) is 0 Å². The van der Waals surface area contributed by atoms with Crippen LogP contribution in [-0.4, -0.2) is 30.5 Å². The molecule has 0 heterocycles. The van der Waals surface area contributed by atoms with Crippen molar-refractivity contribution in [2.24, 2.45) is 0 Å². The quantitative estimate of drug-likeness (QED) is 0.0535. The number of rotatable bonds is 34. The Morgan fingerprint density at radius 3 is 1.13 bits per heavy atom. The number of nitrogens with zero attached hydrogens (tertiary/aromatic N) is 1. The number of hydrogen-bond acceptors (Lipinski definition) is 2. The zero-order valence-corrected chi connectivity index (χ0v) is 31.8. The Morgan fingerprint density at radius 2 is 0.826 bits per heavy atom. The van der Waals surface area contributed by atoms with Crippen LogP contribution in [0.4, 0.5) is 0 Å². The number of benzene rings is 1. The van der Waals surface area contributed by atoms with E-state index in [-0.39, 0.29) is 12.5 Å². The van der Waals surface area contributed by atoms with Crippen molar-refractivity contribution in [3.63, 3.8) is 0 Å². The van der Waals surface area contributed by atoms with E-state index in [9.17, 15) is 4.79 Å². The van der Waals surface area contributed by atoms with Crippen molar-refractivity contribution in [1.29, 1.82) is 0 Å². The topological polar surface area (TPSA) is 29.5 Å². The van der Waals surface area contributed by atoms with Gasteiger partial charge in [-0.2, -0.15) is 0 Å². The van der Waals surface area contributed by atoms with Crippen molar-refractivity contribution >= 4 is 29.1 Å². The van der Waals surface area contributed by atoms with Crippen molar-refractivity contribution in [2.45, 2.75) is 198 Å². The lowest BCUT2D eigenvalue weighted by Gasteiger charge is -2.23. The molecule has 46 heavy (non-hydrogen) atoms. The van der Waals surface area contributed by atoms with Crippen LogP contribution in [0.5, 0.6) is 5.75 Å². The summed E-state index contributed by atoms with van der Waals surface area (Å²) < 4.78 is 5.85. The zero-order valence-electron chi connectivity index (χ0n) is 30.3. The standard InChI is InChI=1S/C41H73Cl2NO2/c1-3-5-7-9-11-13-15-17-19-21-23-25-27-29-35-44(40(45)37-46-39-33-31-38(32-34-39)41(42)43)36-30-28-26-24-22-20-18-16-14-12-10-8-6-4-2/h31-34,41H,3-30,35-37H2,1-2H3. The van der Waals surface area contributed by atoms with E-state index in [0.717, 1.165) is 31.5 Å². The second-order valence-corrected chi connectivity index (χ2v) is 14.8. The van der Waals surface area contributed by atoms with Gasteiger partial charge in [-0.3, -0.25) is 4.79 Å². The predicted octanol–water partition coefficient (Wildman–Crippen LogP) is 14.3. The normalized spacial score (nSPS) is 11.4. The Kier molecular flexibility index (Phi) is 30.5. The molecule has 0 spiro atoms. The molecule has 0 aromatic heterocycles. The molecule has 5 heteroatoms. The highest BCUT2D eigenvalue weighted by Gasteiger charge is 2.14. The summed E-state index contributed by atoms with van der Waals surface area (Å²) in [6.07, 6.45) is 37.8. The lowest BCUT2D eigenvalue weighted by atomic mass is 10.0. The first-order valence-electron chi connectivity index (χ1n) is 19.9. The maximum absolute atomic E-state index is 13.2. The van der Waals surface area contributed by atoms with Gasteiger partial charge in [0.1, 0.15) is 10.6 Å². The smallest absolute Gasteiger partial charge is 0.260 e. The average molecular weight is 683 g/mol. The van der Waals surface area contributed by atoms with Gasteiger partial charge in [0.2, 0.25) is 0 Å². The maximum atomic E-state index is 13.2. The van der Waals surface area contributed by atoms with E-state index >= 15 is 0 Å². The molecular weight excluding hydrogens is 609 g/mol. The number of unbranched alkanes of at least 4 members (excludes halogenated alkanes) is 26. The van der Waals surface area contributed by atoms with Crippen LogP contribution in [-0.2, 0) is 4.79 Å². The Balaban J connectivity index is 2.24. The van der Waals surface area contributed by atoms with Crippen LogP contribution in [0.15, 0.2) is 24.3 Å². The molecule has 0 unspecified atom stereocenters. The molecule has 0 atom stereocenters. The highest BCUT2D eigenvalue weighted by atomic mass is 35.5. The molecular formula is C41H73Cl2NO2. The number of ether oxygens (including phenoxy) is 1. The number of carbonyl (C=O) groups is 1. The highest BCUT2D eigenvalue weighted by molar-refractivity contribution is 6.44. The minimum Gasteiger partial charge on any atom is -0.484 e. The summed E-state index contributed by atoms with van der Waals surface area (Å²) in [4.78, 5) is 14.7. The second-order valence-electron chi connectivity index (χ2n) is 13.7. The van der Waals surface area contributed by atoms with Crippen LogP contribution >= 0.6 is 23.2 Å². The predicted molar refractivity (Wildman–Crippen MR) is 204 cm³/mol. The van der Waals surface area contributed by atoms with Crippen molar-refractivity contribution in [2.75, 3.05) is 19.7 Å². The summed E-state index contributed by atoms with van der Waals surface area (Å²) in [5.74, 6) is 0.778. The Morgan fingerprint density at radius 1 is 0.522 bits per heavy atom. The number of hydrogen-bond donors (Lipinski definition) is 0. The molecule has 3 nitrogen and oxygen atoms in total. The third kappa shape index (κ3) is 26.1. The highest BCUT2D eigenvalue weighted by Crippen LogP contribution is 2.26. The summed E-state index contributed by atoms with van der Waals surface area (Å²) in [6.45, 7) is 6.35. The van der Waals surface area contributed by atoms with E-state index in [1.807, 2.05) is 24.3 Å². The van der Waals surface area contributed by atoms with Crippen LogP contribution in [0.1, 0.15) is 204 Å². The maximum Gasteiger partial charge on any atom is 0.260 e. The zero-order chi connectivity index (χ0) is 33.3. The summed E-state index contributed by atoms with van der Waals surface area (Å²) in [5.41, 5.74) is 0.833. The third-order valence-corrected chi connectivity index (χ3v) is 9.91. The molecule has 0 aliphatic rings. The van der Waals surface area contributed by atoms with E-state index in [1.165, 1.54) is 167 Å². The summed E-state index contributed by atoms with van der Waals surface area (Å²) in [7, 11) is 0. The van der Waals surface area contributed by atoms with Crippen molar-refractivity contribution < 1.29 is 9.53 Å². The lowest BCUT2D eigenvalue weighted by molar-refractivity contribution is -0.133. The number of amides is 1. The van der Waals surface area contributed by atoms with Crippen LogP contribution < -0.4 is 4.74 Å². The molecule has 0 radical (unpaired) electrons. The fraction of sp³-hybridized carbons (Fsp3) is 0.829. The minimum absolute atomic E-state index is 0.0851. The van der Waals surface area contributed by atoms with Gasteiger partial charge in [-0.15, -0.1) is 23.2 Å². The number of halogens is 2.